The summed E-state index contributed by atoms with van der Waals surface area (Å²) in [5, 5.41) is 13.5. The van der Waals surface area contributed by atoms with E-state index < -0.39 is 0 Å². The predicted octanol–water partition coefficient (Wildman–Crippen LogP) is 2.43. The van der Waals surface area contributed by atoms with E-state index >= 15 is 0 Å². The average Bonchev–Trinajstić information content (AvgIpc) is 2.96. The molecule has 0 atom stereocenters. The highest BCUT2D eigenvalue weighted by molar-refractivity contribution is 5.84. The fourth-order valence-corrected chi connectivity index (χ4v) is 2.33. The van der Waals surface area contributed by atoms with E-state index in [2.05, 4.69) is 10.5 Å². The molecule has 1 amide bonds. The maximum Gasteiger partial charge on any atom is 0.243 e. The number of aromatic hydroxyl groups is 1. The molecule has 5 nitrogen and oxygen atoms in total. The molecule has 1 fully saturated rings. The fourth-order valence-electron chi connectivity index (χ4n) is 2.33. The molecule has 1 aliphatic rings. The molecule has 0 radical (unpaired) electrons. The zero-order chi connectivity index (χ0) is 14.4. The van der Waals surface area contributed by atoms with E-state index in [1.807, 2.05) is 6.92 Å². The number of phenols is 1. The first-order chi connectivity index (χ1) is 9.70. The zero-order valence-corrected chi connectivity index (χ0v) is 11.6. The van der Waals surface area contributed by atoms with Crippen LogP contribution < -0.4 is 10.2 Å². The number of hydrogen-bond donors (Lipinski definition) is 2. The smallest absolute Gasteiger partial charge is 0.243 e. The van der Waals surface area contributed by atoms with Gasteiger partial charge in [-0.05, 0) is 43.5 Å². The molecule has 0 saturated heterocycles. The van der Waals surface area contributed by atoms with Crippen molar-refractivity contribution < 1.29 is 14.6 Å². The number of nitrogens with zero attached hydrogens (tertiary/aromatic N) is 1. The van der Waals surface area contributed by atoms with Crippen LogP contribution in [0.2, 0.25) is 0 Å². The molecule has 2 N–H and O–H groups in total. The van der Waals surface area contributed by atoms with Crippen LogP contribution in [0, 0.1) is 5.92 Å². The minimum Gasteiger partial charge on any atom is -0.504 e. The summed E-state index contributed by atoms with van der Waals surface area (Å²) in [6, 6.07) is 4.94. The third-order valence-corrected chi connectivity index (χ3v) is 3.40. The van der Waals surface area contributed by atoms with Crippen molar-refractivity contribution in [2.45, 2.75) is 32.6 Å². The van der Waals surface area contributed by atoms with Gasteiger partial charge in [0, 0.05) is 5.92 Å². The molecule has 0 spiro atoms. The molecule has 0 aromatic heterocycles. The maximum atomic E-state index is 11.8. The molecule has 108 valence electrons. The monoisotopic (exact) mass is 276 g/mol. The lowest BCUT2D eigenvalue weighted by atomic mass is 10.1. The van der Waals surface area contributed by atoms with Crippen LogP contribution in [0.4, 0.5) is 0 Å². The number of ether oxygens (including phenoxy) is 1. The van der Waals surface area contributed by atoms with Crippen LogP contribution in [0.15, 0.2) is 23.3 Å². The first kappa shape index (κ1) is 14.4. The number of carbonyl (C=O) groups is 1. The third kappa shape index (κ3) is 3.73. The van der Waals surface area contributed by atoms with E-state index in [1.54, 1.807) is 24.4 Å². The summed E-state index contributed by atoms with van der Waals surface area (Å²) in [6.45, 7) is 2.33. The predicted molar refractivity (Wildman–Crippen MR) is 77.0 cm³/mol. The highest BCUT2D eigenvalue weighted by atomic mass is 16.5. The Balaban J connectivity index is 1.93. The van der Waals surface area contributed by atoms with Crippen molar-refractivity contribution in [2.75, 3.05) is 6.61 Å². The van der Waals surface area contributed by atoms with Crippen molar-refractivity contribution in [2.24, 2.45) is 11.0 Å². The van der Waals surface area contributed by atoms with Crippen molar-refractivity contribution in [3.63, 3.8) is 0 Å². The number of rotatable bonds is 5. The number of carbonyl (C=O) groups excluding carboxylic acids is 1. The molecular weight excluding hydrogens is 256 g/mol. The quantitative estimate of drug-likeness (QED) is 0.641. The summed E-state index contributed by atoms with van der Waals surface area (Å²) in [4.78, 5) is 11.8. The Morgan fingerprint density at radius 2 is 2.25 bits per heavy atom. The van der Waals surface area contributed by atoms with Gasteiger partial charge in [0.25, 0.3) is 0 Å². The van der Waals surface area contributed by atoms with Crippen LogP contribution in [0.5, 0.6) is 11.5 Å². The Hall–Kier alpha value is -2.04. The average molecular weight is 276 g/mol. The summed E-state index contributed by atoms with van der Waals surface area (Å²) >= 11 is 0. The number of amides is 1. The number of hydrogen-bond acceptors (Lipinski definition) is 4. The van der Waals surface area contributed by atoms with E-state index in [0.29, 0.717) is 12.4 Å². The van der Waals surface area contributed by atoms with Gasteiger partial charge in [0.2, 0.25) is 5.91 Å². The summed E-state index contributed by atoms with van der Waals surface area (Å²) < 4.78 is 5.29. The van der Waals surface area contributed by atoms with Crippen LogP contribution in [0.3, 0.4) is 0 Å². The van der Waals surface area contributed by atoms with Crippen LogP contribution >= 0.6 is 0 Å². The minimum absolute atomic E-state index is 0.0115. The van der Waals surface area contributed by atoms with E-state index in [9.17, 15) is 9.90 Å². The molecule has 20 heavy (non-hydrogen) atoms. The van der Waals surface area contributed by atoms with Crippen molar-refractivity contribution in [1.29, 1.82) is 0 Å². The summed E-state index contributed by atoms with van der Waals surface area (Å²) in [7, 11) is 0. The van der Waals surface area contributed by atoms with Crippen LogP contribution in [0.25, 0.3) is 0 Å². The van der Waals surface area contributed by atoms with Gasteiger partial charge >= 0.3 is 0 Å². The normalized spacial score (nSPS) is 15.7. The standard InChI is InChI=1S/C15H20N2O3/c1-2-20-14-9-11(7-8-13(14)18)10-16-17-15(19)12-5-3-4-6-12/h7-10,12,18H,2-6H2,1H3,(H,17,19)/b16-10+. The SMILES string of the molecule is CCOc1cc(/C=N/NC(=O)C2CCCC2)ccc1O. The molecule has 1 aromatic rings. The Morgan fingerprint density at radius 1 is 1.50 bits per heavy atom. The van der Waals surface area contributed by atoms with Crippen molar-refractivity contribution in [1.82, 2.24) is 5.43 Å². The van der Waals surface area contributed by atoms with Gasteiger partial charge in [-0.1, -0.05) is 12.8 Å². The summed E-state index contributed by atoms with van der Waals surface area (Å²) in [5.41, 5.74) is 3.33. The van der Waals surface area contributed by atoms with E-state index in [0.717, 1.165) is 31.2 Å². The van der Waals surface area contributed by atoms with Gasteiger partial charge in [-0.25, -0.2) is 5.43 Å². The van der Waals surface area contributed by atoms with Crippen LogP contribution in [-0.4, -0.2) is 23.8 Å². The molecule has 0 bridgehead atoms. The lowest BCUT2D eigenvalue weighted by Crippen LogP contribution is -2.24. The molecule has 2 rings (SSSR count). The second kappa shape index (κ2) is 6.93. The topological polar surface area (TPSA) is 70.9 Å². The molecular formula is C15H20N2O3. The molecule has 1 aliphatic carbocycles. The molecule has 1 aromatic carbocycles. The maximum absolute atomic E-state index is 11.8. The Kier molecular flexibility index (Phi) is 4.98. The van der Waals surface area contributed by atoms with Gasteiger partial charge in [0.05, 0.1) is 12.8 Å². The first-order valence-electron chi connectivity index (χ1n) is 6.99. The van der Waals surface area contributed by atoms with E-state index in [-0.39, 0.29) is 17.6 Å². The van der Waals surface area contributed by atoms with Gasteiger partial charge in [-0.3, -0.25) is 4.79 Å². The van der Waals surface area contributed by atoms with Crippen LogP contribution in [0.1, 0.15) is 38.2 Å². The zero-order valence-electron chi connectivity index (χ0n) is 11.6. The highest BCUT2D eigenvalue weighted by Gasteiger charge is 2.21. The van der Waals surface area contributed by atoms with E-state index in [4.69, 9.17) is 4.74 Å². The number of benzene rings is 1. The second-order valence-electron chi connectivity index (χ2n) is 4.88. The number of phenolic OH excluding ortho intramolecular Hbond substituents is 1. The Bertz CT molecular complexity index is 494. The Morgan fingerprint density at radius 3 is 2.95 bits per heavy atom. The Labute approximate surface area is 118 Å². The van der Waals surface area contributed by atoms with Crippen LogP contribution in [-0.2, 0) is 4.79 Å². The lowest BCUT2D eigenvalue weighted by molar-refractivity contribution is -0.124. The van der Waals surface area contributed by atoms with Gasteiger partial charge in [-0.2, -0.15) is 5.10 Å². The fraction of sp³-hybridized carbons (Fsp3) is 0.467. The lowest BCUT2D eigenvalue weighted by Gasteiger charge is -2.07. The molecule has 1 saturated carbocycles. The summed E-state index contributed by atoms with van der Waals surface area (Å²) in [6.07, 6.45) is 5.70. The summed E-state index contributed by atoms with van der Waals surface area (Å²) in [5.74, 6) is 0.603. The number of hydrazone groups is 1. The van der Waals surface area contributed by atoms with Crippen molar-refractivity contribution in [3.05, 3.63) is 23.8 Å². The van der Waals surface area contributed by atoms with Gasteiger partial charge in [-0.15, -0.1) is 0 Å². The molecule has 5 heteroatoms. The third-order valence-electron chi connectivity index (χ3n) is 3.40. The first-order valence-corrected chi connectivity index (χ1v) is 6.99. The van der Waals surface area contributed by atoms with E-state index in [1.165, 1.54) is 0 Å². The molecule has 0 heterocycles. The minimum atomic E-state index is -0.0115. The molecule has 0 unspecified atom stereocenters. The van der Waals surface area contributed by atoms with Gasteiger partial charge < -0.3 is 9.84 Å². The largest absolute Gasteiger partial charge is 0.504 e. The van der Waals surface area contributed by atoms with Gasteiger partial charge in [0.15, 0.2) is 11.5 Å². The second-order valence-corrected chi connectivity index (χ2v) is 4.88. The molecule has 0 aliphatic heterocycles. The van der Waals surface area contributed by atoms with Crippen molar-refractivity contribution >= 4 is 12.1 Å². The van der Waals surface area contributed by atoms with Gasteiger partial charge in [0.1, 0.15) is 0 Å². The van der Waals surface area contributed by atoms with Crippen molar-refractivity contribution in [3.8, 4) is 11.5 Å². The number of nitrogens with one attached hydrogen (secondary N) is 1. The highest BCUT2D eigenvalue weighted by Crippen LogP contribution is 2.26.